The summed E-state index contributed by atoms with van der Waals surface area (Å²) in [4.78, 5) is 14.6. The molecule has 1 fully saturated rings. The SMILES string of the molecule is Cc1ccc([C@@H]2[C@@H](CC[C@H](C)c3ccc(F)cc3)C(=O)N2c2ccc(F)cc2)cc1.[I][V]([I])[I]. The van der Waals surface area contributed by atoms with Gasteiger partial charge >= 0.3 is 64.9 Å². The molecule has 3 atom stereocenters. The molecule has 0 saturated carbocycles. The van der Waals surface area contributed by atoms with Gasteiger partial charge in [0.2, 0.25) is 5.91 Å². The summed E-state index contributed by atoms with van der Waals surface area (Å²) in [5.41, 5.74) is 4.04. The van der Waals surface area contributed by atoms with Crippen molar-refractivity contribution in [2.45, 2.75) is 38.6 Å². The van der Waals surface area contributed by atoms with Crippen molar-refractivity contribution in [2.24, 2.45) is 5.92 Å². The zero-order valence-corrected chi connectivity index (χ0v) is 26.6. The molecule has 0 aromatic heterocycles. The van der Waals surface area contributed by atoms with Crippen LogP contribution in [0.1, 0.15) is 48.4 Å². The normalized spacial score (nSPS) is 18.2. The Balaban J connectivity index is 0.000000751. The molecule has 0 aliphatic carbocycles. The van der Waals surface area contributed by atoms with E-state index in [-0.39, 0.29) is 40.3 Å². The van der Waals surface area contributed by atoms with Crippen LogP contribution in [0.2, 0.25) is 0 Å². The molecule has 4 rings (SSSR count). The molecule has 180 valence electrons. The molecule has 34 heavy (non-hydrogen) atoms. The molecule has 1 saturated heterocycles. The van der Waals surface area contributed by atoms with Crippen LogP contribution in [0.25, 0.3) is 0 Å². The third-order valence-corrected chi connectivity index (χ3v) is 6.09. The van der Waals surface area contributed by atoms with E-state index in [0.717, 1.165) is 29.7 Å². The number of aryl methyl sites for hydroxylation is 1. The molecule has 1 heterocycles. The van der Waals surface area contributed by atoms with E-state index in [0.29, 0.717) is 0 Å². The average Bonchev–Trinajstić information content (AvgIpc) is 2.79. The number of carbonyl (C=O) groups is 1. The summed E-state index contributed by atoms with van der Waals surface area (Å²) in [6, 6.07) is 20.9. The minimum absolute atomic E-state index is 0.0658. The van der Waals surface area contributed by atoms with Gasteiger partial charge in [-0.05, 0) is 73.2 Å². The molecule has 3 aromatic rings. The van der Waals surface area contributed by atoms with E-state index in [4.69, 9.17) is 0 Å². The van der Waals surface area contributed by atoms with Gasteiger partial charge in [0, 0.05) is 5.69 Å². The fourth-order valence-corrected chi connectivity index (χ4v) is 4.25. The number of benzene rings is 3. The molecule has 8 heteroatoms. The van der Waals surface area contributed by atoms with Crippen molar-refractivity contribution in [3.63, 3.8) is 0 Å². The van der Waals surface area contributed by atoms with Crippen molar-refractivity contribution in [3.8, 4) is 0 Å². The number of β-lactam (4-membered cyclic amide) rings is 1. The maximum absolute atomic E-state index is 13.4. The first-order valence-corrected chi connectivity index (χ1v) is 24.4. The van der Waals surface area contributed by atoms with Crippen LogP contribution < -0.4 is 4.90 Å². The van der Waals surface area contributed by atoms with Crippen molar-refractivity contribution < 1.29 is 18.5 Å². The summed E-state index contributed by atoms with van der Waals surface area (Å²) in [5.74, 6) is -0.381. The van der Waals surface area contributed by atoms with E-state index < -0.39 is 0 Å². The van der Waals surface area contributed by atoms with Gasteiger partial charge in [-0.3, -0.25) is 4.79 Å². The van der Waals surface area contributed by atoms with Gasteiger partial charge in [0.25, 0.3) is 0 Å². The summed E-state index contributed by atoms with van der Waals surface area (Å²) in [6.07, 6.45) is 1.58. The zero-order valence-electron chi connectivity index (χ0n) is 18.8. The van der Waals surface area contributed by atoms with Crippen molar-refractivity contribution in [2.75, 3.05) is 4.90 Å². The standard InChI is InChI=1S/C26H25F2NO.3HI.V/c1-17-3-6-20(7-4-17)25-24(16-5-18(2)19-8-10-21(27)11-9-19)26(30)29(25)23-14-12-22(28)13-15-23;;;;/h3-4,6-15,18,24-25H,5,16H2,1-2H3;3*1H;/q;;;;+3/p-3/t18-,24+,25+;;;;/m0..../s1. The van der Waals surface area contributed by atoms with Gasteiger partial charge in [-0.25, -0.2) is 8.78 Å². The second-order valence-corrected chi connectivity index (χ2v) is 43.7. The minimum atomic E-state index is -0.316. The Morgan fingerprint density at radius 2 is 1.38 bits per heavy atom. The van der Waals surface area contributed by atoms with Crippen LogP contribution in [0.15, 0.2) is 72.8 Å². The number of halogens is 5. The molecule has 1 amide bonds. The number of hydrogen-bond acceptors (Lipinski definition) is 1. The van der Waals surface area contributed by atoms with Crippen LogP contribution in [0, 0.1) is 24.5 Å². The van der Waals surface area contributed by atoms with Crippen LogP contribution in [0.4, 0.5) is 14.5 Å². The number of nitrogens with zero attached hydrogens (tertiary/aromatic N) is 1. The van der Waals surface area contributed by atoms with Gasteiger partial charge in [0.15, 0.2) is 0 Å². The second-order valence-electron chi connectivity index (χ2n) is 8.37. The van der Waals surface area contributed by atoms with Crippen LogP contribution in [-0.2, 0) is 9.72 Å². The Bertz CT molecular complexity index is 1080. The van der Waals surface area contributed by atoms with E-state index in [1.165, 1.54) is 29.8 Å². The number of carbonyl (C=O) groups excluding carboxylic acids is 1. The molecule has 0 radical (unpaired) electrons. The molecule has 3 aromatic carbocycles. The Kier molecular flexibility index (Phi) is 11.1. The third kappa shape index (κ3) is 7.63. The van der Waals surface area contributed by atoms with Gasteiger partial charge in [-0.15, -0.1) is 0 Å². The summed E-state index contributed by atoms with van der Waals surface area (Å²) in [6.45, 7) is 4.14. The van der Waals surface area contributed by atoms with Gasteiger partial charge in [-0.1, -0.05) is 48.9 Å². The van der Waals surface area contributed by atoms with Gasteiger partial charge in [-0.2, -0.15) is 0 Å². The number of rotatable bonds is 6. The molecule has 0 unspecified atom stereocenters. The number of amides is 1. The Morgan fingerprint density at radius 1 is 0.882 bits per heavy atom. The quantitative estimate of drug-likeness (QED) is 0.179. The van der Waals surface area contributed by atoms with Gasteiger partial charge < -0.3 is 4.90 Å². The van der Waals surface area contributed by atoms with Crippen LogP contribution in [0.5, 0.6) is 0 Å². The van der Waals surface area contributed by atoms with Crippen LogP contribution in [-0.4, -0.2) is 5.91 Å². The zero-order chi connectivity index (χ0) is 24.8. The predicted molar refractivity (Wildman–Crippen MR) is 157 cm³/mol. The number of anilines is 1. The van der Waals surface area contributed by atoms with Crippen LogP contribution in [0.3, 0.4) is 0 Å². The van der Waals surface area contributed by atoms with E-state index in [2.05, 4.69) is 91.1 Å². The number of hydrogen-bond donors (Lipinski definition) is 0. The van der Waals surface area contributed by atoms with E-state index in [1.807, 2.05) is 19.1 Å². The Labute approximate surface area is 238 Å². The van der Waals surface area contributed by atoms with Crippen LogP contribution >= 0.6 is 59.9 Å². The van der Waals surface area contributed by atoms with Gasteiger partial charge in [0.1, 0.15) is 11.6 Å². The van der Waals surface area contributed by atoms with E-state index >= 15 is 0 Å². The summed E-state index contributed by atoms with van der Waals surface area (Å²) in [7, 11) is 0. The van der Waals surface area contributed by atoms with Gasteiger partial charge in [0.05, 0.1) is 12.0 Å². The van der Waals surface area contributed by atoms with E-state index in [1.54, 1.807) is 17.0 Å². The third-order valence-electron chi connectivity index (χ3n) is 6.09. The van der Waals surface area contributed by atoms with Crippen molar-refractivity contribution in [1.29, 1.82) is 0 Å². The Morgan fingerprint density at radius 3 is 1.91 bits per heavy atom. The second kappa shape index (κ2) is 13.3. The monoisotopic (exact) mass is 837 g/mol. The fourth-order valence-electron chi connectivity index (χ4n) is 4.25. The maximum atomic E-state index is 13.4. The molecule has 0 N–H and O–H groups in total. The molecular formula is C26H25F2I3NOV. The molecule has 1 aliphatic rings. The first-order chi connectivity index (χ1) is 16.2. The van der Waals surface area contributed by atoms with E-state index in [9.17, 15) is 13.6 Å². The molecule has 2 nitrogen and oxygen atoms in total. The summed E-state index contributed by atoms with van der Waals surface area (Å²) < 4.78 is 26.6. The van der Waals surface area contributed by atoms with Crippen molar-refractivity contribution >= 4 is 71.5 Å². The summed E-state index contributed by atoms with van der Waals surface area (Å²) >= 11 is 7.39. The first-order valence-electron chi connectivity index (χ1n) is 10.9. The molecular weight excluding hydrogens is 812 g/mol. The van der Waals surface area contributed by atoms with Crippen molar-refractivity contribution in [1.82, 2.24) is 0 Å². The summed E-state index contributed by atoms with van der Waals surface area (Å²) in [5, 5.41) is 0. The van der Waals surface area contributed by atoms with Crippen molar-refractivity contribution in [3.05, 3.63) is 101 Å². The average molecular weight is 837 g/mol. The molecule has 0 spiro atoms. The first kappa shape index (κ1) is 28.3. The predicted octanol–water partition coefficient (Wildman–Crippen LogP) is 9.22. The fraction of sp³-hybridized carbons (Fsp3) is 0.269. The molecule has 1 aliphatic heterocycles. The Hall–Kier alpha value is -0.236. The molecule has 0 bridgehead atoms. The topological polar surface area (TPSA) is 20.3 Å².